The molecule has 2 aromatic carbocycles. The van der Waals surface area contributed by atoms with Crippen LogP contribution in [0, 0.1) is 0 Å². The van der Waals surface area contributed by atoms with Gasteiger partial charge in [0.25, 0.3) is 0 Å². The van der Waals surface area contributed by atoms with Crippen molar-refractivity contribution in [1.82, 2.24) is 5.32 Å². The van der Waals surface area contributed by atoms with Crippen LogP contribution in [0.5, 0.6) is 5.75 Å². The fraction of sp³-hybridized carbons (Fsp3) is 0.263. The molecule has 7 heteroatoms. The lowest BCUT2D eigenvalue weighted by atomic mass is 10.1. The van der Waals surface area contributed by atoms with Crippen molar-refractivity contribution in [3.05, 3.63) is 58.6 Å². The highest BCUT2D eigenvalue weighted by atomic mass is 35.5. The van der Waals surface area contributed by atoms with E-state index < -0.39 is 5.97 Å². The molecule has 0 radical (unpaired) electrons. The topological polar surface area (TPSA) is 59.6 Å². The van der Waals surface area contributed by atoms with Gasteiger partial charge in [0, 0.05) is 6.54 Å². The Morgan fingerprint density at radius 2 is 1.96 bits per heavy atom. The lowest BCUT2D eigenvalue weighted by molar-refractivity contribution is 0.0601. The minimum atomic E-state index is -0.430. The van der Waals surface area contributed by atoms with E-state index in [2.05, 4.69) is 10.6 Å². The molecule has 0 saturated heterocycles. The van der Waals surface area contributed by atoms with E-state index >= 15 is 0 Å². The molecule has 0 aliphatic carbocycles. The number of ether oxygens (including phenoxy) is 2. The van der Waals surface area contributed by atoms with Crippen LogP contribution in [0.3, 0.4) is 0 Å². The third-order valence-electron chi connectivity index (χ3n) is 3.74. The lowest BCUT2D eigenvalue weighted by Gasteiger charge is -2.13. The summed E-state index contributed by atoms with van der Waals surface area (Å²) in [5, 5.41) is 7.05. The Hall–Kier alpha value is -2.31. The van der Waals surface area contributed by atoms with Gasteiger partial charge < -0.3 is 20.1 Å². The Balaban J connectivity index is 1.84. The molecule has 26 heavy (non-hydrogen) atoms. The van der Waals surface area contributed by atoms with Crippen molar-refractivity contribution in [1.29, 1.82) is 0 Å². The van der Waals surface area contributed by atoms with Gasteiger partial charge in [0.15, 0.2) is 5.11 Å². The fourth-order valence-electron chi connectivity index (χ4n) is 2.42. The van der Waals surface area contributed by atoms with Gasteiger partial charge in [-0.2, -0.15) is 0 Å². The van der Waals surface area contributed by atoms with Crippen molar-refractivity contribution in [2.75, 3.05) is 26.1 Å². The number of carbonyl (C=O) groups excluding carboxylic acids is 1. The van der Waals surface area contributed by atoms with E-state index in [1.807, 2.05) is 24.3 Å². The highest BCUT2D eigenvalue weighted by Crippen LogP contribution is 2.23. The van der Waals surface area contributed by atoms with Crippen LogP contribution in [-0.2, 0) is 11.2 Å². The number of para-hydroxylation sites is 1. The van der Waals surface area contributed by atoms with Crippen LogP contribution in [0.2, 0.25) is 5.02 Å². The average molecular weight is 393 g/mol. The molecule has 0 heterocycles. The molecule has 5 nitrogen and oxygen atoms in total. The Morgan fingerprint density at radius 1 is 1.19 bits per heavy atom. The Bertz CT molecular complexity index is 783. The summed E-state index contributed by atoms with van der Waals surface area (Å²) in [5.74, 6) is 0.458. The molecule has 0 aliphatic heterocycles. The summed E-state index contributed by atoms with van der Waals surface area (Å²) in [4.78, 5) is 11.6. The van der Waals surface area contributed by atoms with E-state index in [-0.39, 0.29) is 0 Å². The molecule has 0 aliphatic rings. The number of rotatable bonds is 7. The zero-order valence-corrected chi connectivity index (χ0v) is 16.2. The summed E-state index contributed by atoms with van der Waals surface area (Å²) in [5.41, 5.74) is 2.11. The van der Waals surface area contributed by atoms with Gasteiger partial charge in [0.05, 0.1) is 30.5 Å². The molecule has 0 atom stereocenters. The van der Waals surface area contributed by atoms with Crippen LogP contribution in [0.15, 0.2) is 42.5 Å². The molecule has 0 bridgehead atoms. The summed E-state index contributed by atoms with van der Waals surface area (Å²) in [6.45, 7) is 0.693. The zero-order chi connectivity index (χ0) is 18.9. The summed E-state index contributed by atoms with van der Waals surface area (Å²) >= 11 is 11.4. The first-order chi connectivity index (χ1) is 12.5. The summed E-state index contributed by atoms with van der Waals surface area (Å²) in [7, 11) is 3.00. The van der Waals surface area contributed by atoms with Crippen LogP contribution in [0.1, 0.15) is 22.3 Å². The monoisotopic (exact) mass is 392 g/mol. The van der Waals surface area contributed by atoms with Gasteiger partial charge in [-0.3, -0.25) is 0 Å². The predicted octanol–water partition coefficient (Wildman–Crippen LogP) is 4.05. The number of anilines is 1. The first-order valence-electron chi connectivity index (χ1n) is 8.09. The largest absolute Gasteiger partial charge is 0.496 e. The van der Waals surface area contributed by atoms with Crippen LogP contribution >= 0.6 is 23.8 Å². The fourth-order valence-corrected chi connectivity index (χ4v) is 2.80. The molecule has 0 amide bonds. The molecule has 0 fully saturated rings. The van der Waals surface area contributed by atoms with E-state index in [4.69, 9.17) is 33.3 Å². The van der Waals surface area contributed by atoms with Crippen molar-refractivity contribution in [2.24, 2.45) is 0 Å². The van der Waals surface area contributed by atoms with Crippen molar-refractivity contribution in [3.63, 3.8) is 0 Å². The number of nitrogens with one attached hydrogen (secondary N) is 2. The standard InChI is InChI=1S/C19H21ClN2O3S/c1-24-17-8-4-3-6-13(17)7-5-11-21-19(26)22-16-12-14(18(23)25-2)9-10-15(16)20/h3-4,6,8-10,12H,5,7,11H2,1-2H3,(H2,21,22,26). The number of methoxy groups -OCH3 is 2. The Kier molecular flexibility index (Phi) is 7.69. The van der Waals surface area contributed by atoms with Crippen LogP contribution < -0.4 is 15.4 Å². The molecule has 2 N–H and O–H groups in total. The smallest absolute Gasteiger partial charge is 0.337 e. The first kappa shape index (κ1) is 20.0. The molecule has 0 spiro atoms. The van der Waals surface area contributed by atoms with E-state index in [1.165, 1.54) is 7.11 Å². The molecule has 138 valence electrons. The second-order valence-electron chi connectivity index (χ2n) is 5.48. The van der Waals surface area contributed by atoms with E-state index in [0.29, 0.717) is 27.9 Å². The summed E-state index contributed by atoms with van der Waals surface area (Å²) < 4.78 is 10.1. The molecule has 0 unspecified atom stereocenters. The van der Waals surface area contributed by atoms with Crippen molar-refractivity contribution < 1.29 is 14.3 Å². The maximum atomic E-state index is 11.6. The Labute approximate surface area is 163 Å². The Morgan fingerprint density at radius 3 is 2.69 bits per heavy atom. The number of benzene rings is 2. The third kappa shape index (κ3) is 5.61. The number of carbonyl (C=O) groups is 1. The SMILES string of the molecule is COC(=O)c1ccc(Cl)c(NC(=S)NCCCc2ccccc2OC)c1. The maximum absolute atomic E-state index is 11.6. The normalized spacial score (nSPS) is 10.1. The molecule has 0 aromatic heterocycles. The second-order valence-corrected chi connectivity index (χ2v) is 6.30. The van der Waals surface area contributed by atoms with Gasteiger partial charge >= 0.3 is 5.97 Å². The number of esters is 1. The number of thiocarbonyl (C=S) groups is 1. The van der Waals surface area contributed by atoms with Crippen molar-refractivity contribution >= 4 is 40.6 Å². The molecular formula is C19H21ClN2O3S. The summed E-state index contributed by atoms with van der Waals surface area (Å²) in [6.07, 6.45) is 1.76. The minimum absolute atomic E-state index is 0.401. The van der Waals surface area contributed by atoms with Gasteiger partial charge in [0.2, 0.25) is 0 Å². The number of hydrogen-bond donors (Lipinski definition) is 2. The average Bonchev–Trinajstić information content (AvgIpc) is 2.66. The molecule has 0 saturated carbocycles. The number of aryl methyl sites for hydroxylation is 1. The highest BCUT2D eigenvalue weighted by molar-refractivity contribution is 7.80. The van der Waals surface area contributed by atoms with E-state index in [9.17, 15) is 4.79 Å². The number of halogens is 1. The second kappa shape index (κ2) is 9.99. The predicted molar refractivity (Wildman–Crippen MR) is 108 cm³/mol. The van der Waals surface area contributed by atoms with Gasteiger partial charge in [-0.15, -0.1) is 0 Å². The van der Waals surface area contributed by atoms with Gasteiger partial charge in [-0.05, 0) is 54.9 Å². The number of hydrogen-bond acceptors (Lipinski definition) is 4. The van der Waals surface area contributed by atoms with Crippen molar-refractivity contribution in [2.45, 2.75) is 12.8 Å². The van der Waals surface area contributed by atoms with Crippen molar-refractivity contribution in [3.8, 4) is 5.75 Å². The van der Waals surface area contributed by atoms with E-state index in [0.717, 1.165) is 24.2 Å². The van der Waals surface area contributed by atoms with E-state index in [1.54, 1.807) is 25.3 Å². The van der Waals surface area contributed by atoms with Gasteiger partial charge in [-0.1, -0.05) is 29.8 Å². The first-order valence-corrected chi connectivity index (χ1v) is 8.88. The summed E-state index contributed by atoms with van der Waals surface area (Å²) in [6, 6.07) is 12.8. The van der Waals surface area contributed by atoms with Crippen LogP contribution in [-0.4, -0.2) is 31.8 Å². The maximum Gasteiger partial charge on any atom is 0.337 e. The molecule has 2 aromatic rings. The van der Waals surface area contributed by atoms with Crippen LogP contribution in [0.25, 0.3) is 0 Å². The minimum Gasteiger partial charge on any atom is -0.496 e. The molecular weight excluding hydrogens is 372 g/mol. The van der Waals surface area contributed by atoms with Gasteiger partial charge in [-0.25, -0.2) is 4.79 Å². The lowest BCUT2D eigenvalue weighted by Crippen LogP contribution is -2.29. The van der Waals surface area contributed by atoms with Gasteiger partial charge in [0.1, 0.15) is 5.75 Å². The third-order valence-corrected chi connectivity index (χ3v) is 4.31. The molecule has 2 rings (SSSR count). The quantitative estimate of drug-likeness (QED) is 0.421. The van der Waals surface area contributed by atoms with Crippen LogP contribution in [0.4, 0.5) is 5.69 Å². The zero-order valence-electron chi connectivity index (χ0n) is 14.7. The highest BCUT2D eigenvalue weighted by Gasteiger charge is 2.10.